The largest absolute Gasteiger partial charge is 0.468 e. The van der Waals surface area contributed by atoms with Crippen LogP contribution in [0.5, 0.6) is 0 Å². The summed E-state index contributed by atoms with van der Waals surface area (Å²) >= 11 is 0. The van der Waals surface area contributed by atoms with E-state index in [4.69, 9.17) is 4.42 Å². The summed E-state index contributed by atoms with van der Waals surface area (Å²) in [5, 5.41) is 3.39. The molecule has 3 nitrogen and oxygen atoms in total. The summed E-state index contributed by atoms with van der Waals surface area (Å²) in [6.07, 6.45) is 1.71. The first-order chi connectivity index (χ1) is 7.11. The van der Waals surface area contributed by atoms with E-state index in [9.17, 15) is 0 Å². The Morgan fingerprint density at radius 2 is 2.13 bits per heavy atom. The van der Waals surface area contributed by atoms with Crippen molar-refractivity contribution in [3.05, 3.63) is 24.2 Å². The van der Waals surface area contributed by atoms with Gasteiger partial charge in [0.2, 0.25) is 0 Å². The summed E-state index contributed by atoms with van der Waals surface area (Å²) < 4.78 is 5.25. The lowest BCUT2D eigenvalue weighted by Crippen LogP contribution is -2.41. The first-order valence-electron chi connectivity index (χ1n) is 5.56. The average Bonchev–Trinajstić information content (AvgIpc) is 2.69. The molecule has 0 spiro atoms. The SMILES string of the molecule is CC(C)N(C)C(C)CNCc1ccco1. The third-order valence-electron chi connectivity index (χ3n) is 2.83. The Kier molecular flexibility index (Phi) is 4.85. The van der Waals surface area contributed by atoms with Gasteiger partial charge in [0.25, 0.3) is 0 Å². The maximum absolute atomic E-state index is 5.25. The summed E-state index contributed by atoms with van der Waals surface area (Å²) in [5.41, 5.74) is 0. The van der Waals surface area contributed by atoms with E-state index in [0.717, 1.165) is 18.8 Å². The molecule has 0 saturated carbocycles. The van der Waals surface area contributed by atoms with Crippen LogP contribution < -0.4 is 5.32 Å². The Morgan fingerprint density at radius 1 is 1.40 bits per heavy atom. The topological polar surface area (TPSA) is 28.4 Å². The number of likely N-dealkylation sites (N-methyl/N-ethyl adjacent to an activating group) is 1. The highest BCUT2D eigenvalue weighted by Crippen LogP contribution is 2.02. The second-order valence-electron chi connectivity index (χ2n) is 4.32. The molecule has 0 aliphatic rings. The molecule has 1 rings (SSSR count). The van der Waals surface area contributed by atoms with Crippen molar-refractivity contribution in [2.24, 2.45) is 0 Å². The zero-order chi connectivity index (χ0) is 11.3. The van der Waals surface area contributed by atoms with Gasteiger partial charge in [0, 0.05) is 18.6 Å². The van der Waals surface area contributed by atoms with Crippen LogP contribution in [0.25, 0.3) is 0 Å². The van der Waals surface area contributed by atoms with Gasteiger partial charge in [-0.2, -0.15) is 0 Å². The summed E-state index contributed by atoms with van der Waals surface area (Å²) in [5.74, 6) is 0.995. The van der Waals surface area contributed by atoms with E-state index >= 15 is 0 Å². The minimum absolute atomic E-state index is 0.542. The van der Waals surface area contributed by atoms with Crippen LogP contribution in [0.15, 0.2) is 22.8 Å². The molecule has 0 aromatic carbocycles. The van der Waals surface area contributed by atoms with Crippen LogP contribution in [0.3, 0.4) is 0 Å². The van der Waals surface area contributed by atoms with Gasteiger partial charge < -0.3 is 14.6 Å². The van der Waals surface area contributed by atoms with Crippen LogP contribution in [0, 0.1) is 0 Å². The third kappa shape index (κ3) is 4.06. The van der Waals surface area contributed by atoms with E-state index in [1.165, 1.54) is 0 Å². The Balaban J connectivity index is 2.20. The van der Waals surface area contributed by atoms with Crippen LogP contribution in [0.4, 0.5) is 0 Å². The predicted octanol–water partition coefficient (Wildman–Crippen LogP) is 2.10. The Hall–Kier alpha value is -0.800. The molecular formula is C12H22N2O. The predicted molar refractivity (Wildman–Crippen MR) is 62.8 cm³/mol. The van der Waals surface area contributed by atoms with Gasteiger partial charge in [-0.15, -0.1) is 0 Å². The van der Waals surface area contributed by atoms with E-state index in [1.54, 1.807) is 6.26 Å². The Labute approximate surface area is 92.5 Å². The van der Waals surface area contributed by atoms with Crippen LogP contribution in [-0.4, -0.2) is 30.6 Å². The minimum Gasteiger partial charge on any atom is -0.468 e. The molecule has 1 atom stereocenters. The highest BCUT2D eigenvalue weighted by atomic mass is 16.3. The molecule has 3 heteroatoms. The Morgan fingerprint density at radius 3 is 2.67 bits per heavy atom. The van der Waals surface area contributed by atoms with E-state index in [-0.39, 0.29) is 0 Å². The van der Waals surface area contributed by atoms with Crippen molar-refractivity contribution in [2.45, 2.75) is 39.4 Å². The fourth-order valence-electron chi connectivity index (χ4n) is 1.47. The molecule has 15 heavy (non-hydrogen) atoms. The van der Waals surface area contributed by atoms with E-state index in [0.29, 0.717) is 12.1 Å². The highest BCUT2D eigenvalue weighted by Gasteiger charge is 2.11. The van der Waals surface area contributed by atoms with Gasteiger partial charge in [0.1, 0.15) is 5.76 Å². The van der Waals surface area contributed by atoms with Gasteiger partial charge in [-0.3, -0.25) is 0 Å². The van der Waals surface area contributed by atoms with Gasteiger partial charge in [0.05, 0.1) is 12.8 Å². The highest BCUT2D eigenvalue weighted by molar-refractivity contribution is 4.97. The molecule has 1 aromatic rings. The molecule has 0 radical (unpaired) electrons. The molecular weight excluding hydrogens is 188 g/mol. The van der Waals surface area contributed by atoms with E-state index < -0.39 is 0 Å². The van der Waals surface area contributed by atoms with Crippen LogP contribution in [-0.2, 0) is 6.54 Å². The molecule has 0 bridgehead atoms. The van der Waals surface area contributed by atoms with Crippen molar-refractivity contribution < 1.29 is 4.42 Å². The zero-order valence-electron chi connectivity index (χ0n) is 10.2. The fourth-order valence-corrected chi connectivity index (χ4v) is 1.47. The van der Waals surface area contributed by atoms with E-state index in [1.807, 2.05) is 12.1 Å². The molecule has 1 heterocycles. The van der Waals surface area contributed by atoms with Crippen molar-refractivity contribution in [1.82, 2.24) is 10.2 Å². The summed E-state index contributed by atoms with van der Waals surface area (Å²) in [6.45, 7) is 8.44. The second kappa shape index (κ2) is 5.93. The normalized spacial score (nSPS) is 13.7. The molecule has 1 N–H and O–H groups in total. The fraction of sp³-hybridized carbons (Fsp3) is 0.667. The molecule has 1 aromatic heterocycles. The van der Waals surface area contributed by atoms with Gasteiger partial charge in [-0.05, 0) is 40.0 Å². The van der Waals surface area contributed by atoms with Gasteiger partial charge >= 0.3 is 0 Å². The lowest BCUT2D eigenvalue weighted by Gasteiger charge is -2.28. The first-order valence-corrected chi connectivity index (χ1v) is 5.56. The van der Waals surface area contributed by atoms with Crippen LogP contribution >= 0.6 is 0 Å². The number of hydrogen-bond acceptors (Lipinski definition) is 3. The Bertz CT molecular complexity index is 257. The quantitative estimate of drug-likeness (QED) is 0.779. The maximum Gasteiger partial charge on any atom is 0.117 e. The van der Waals surface area contributed by atoms with Crippen LogP contribution in [0.2, 0.25) is 0 Å². The summed E-state index contributed by atoms with van der Waals surface area (Å²) in [6, 6.07) is 5.04. The summed E-state index contributed by atoms with van der Waals surface area (Å²) in [4.78, 5) is 2.36. The monoisotopic (exact) mass is 210 g/mol. The smallest absolute Gasteiger partial charge is 0.117 e. The molecule has 0 aliphatic heterocycles. The number of nitrogens with zero attached hydrogens (tertiary/aromatic N) is 1. The molecule has 0 fully saturated rings. The lowest BCUT2D eigenvalue weighted by atomic mass is 10.2. The number of nitrogens with one attached hydrogen (secondary N) is 1. The molecule has 0 saturated heterocycles. The van der Waals surface area contributed by atoms with Crippen LogP contribution in [0.1, 0.15) is 26.5 Å². The van der Waals surface area contributed by atoms with Gasteiger partial charge in [0.15, 0.2) is 0 Å². The van der Waals surface area contributed by atoms with Gasteiger partial charge in [-0.25, -0.2) is 0 Å². The average molecular weight is 210 g/mol. The minimum atomic E-state index is 0.542. The van der Waals surface area contributed by atoms with Crippen molar-refractivity contribution in [3.63, 3.8) is 0 Å². The third-order valence-corrected chi connectivity index (χ3v) is 2.83. The summed E-state index contributed by atoms with van der Waals surface area (Å²) in [7, 11) is 2.16. The van der Waals surface area contributed by atoms with Crippen molar-refractivity contribution in [1.29, 1.82) is 0 Å². The number of furan rings is 1. The van der Waals surface area contributed by atoms with Crippen molar-refractivity contribution in [3.8, 4) is 0 Å². The molecule has 86 valence electrons. The van der Waals surface area contributed by atoms with Crippen molar-refractivity contribution in [2.75, 3.05) is 13.6 Å². The number of rotatable bonds is 6. The maximum atomic E-state index is 5.25. The standard InChI is InChI=1S/C12H22N2O/c1-10(2)14(4)11(3)8-13-9-12-6-5-7-15-12/h5-7,10-11,13H,8-9H2,1-4H3. The van der Waals surface area contributed by atoms with Gasteiger partial charge in [-0.1, -0.05) is 0 Å². The molecule has 0 aliphatic carbocycles. The zero-order valence-corrected chi connectivity index (χ0v) is 10.2. The lowest BCUT2D eigenvalue weighted by molar-refractivity contribution is 0.203. The first kappa shape index (κ1) is 12.3. The van der Waals surface area contributed by atoms with Crippen molar-refractivity contribution >= 4 is 0 Å². The number of hydrogen-bond donors (Lipinski definition) is 1. The second-order valence-corrected chi connectivity index (χ2v) is 4.32. The molecule has 0 amide bonds. The molecule has 1 unspecified atom stereocenters. The van der Waals surface area contributed by atoms with E-state index in [2.05, 4.69) is 38.0 Å².